The summed E-state index contributed by atoms with van der Waals surface area (Å²) < 4.78 is 0. The summed E-state index contributed by atoms with van der Waals surface area (Å²) in [5.41, 5.74) is -0.955. The van der Waals surface area contributed by atoms with Crippen molar-refractivity contribution in [2.45, 2.75) is 58.0 Å². The van der Waals surface area contributed by atoms with E-state index in [4.69, 9.17) is 5.11 Å². The number of carboxylic acids is 4. The lowest BCUT2D eigenvalue weighted by atomic mass is 9.65. The molecule has 9 nitrogen and oxygen atoms in total. The van der Waals surface area contributed by atoms with Gasteiger partial charge in [0.25, 0.3) is 0 Å². The van der Waals surface area contributed by atoms with Gasteiger partial charge in [-0.25, -0.2) is 0 Å². The van der Waals surface area contributed by atoms with Gasteiger partial charge in [0.15, 0.2) is 0 Å². The second kappa shape index (κ2) is 7.61. The molecule has 0 saturated carbocycles. The first-order valence-electron chi connectivity index (χ1n) is 8.36. The largest absolute Gasteiger partial charge is 0.481 e. The summed E-state index contributed by atoms with van der Waals surface area (Å²) in [6.45, 7) is 7.45. The fraction of sp³-hybridized carbons (Fsp3) is 0.765. The topological polar surface area (TPSA) is 161 Å². The fourth-order valence-corrected chi connectivity index (χ4v) is 4.44. The van der Waals surface area contributed by atoms with Crippen LogP contribution in [0.15, 0.2) is 0 Å². The molecule has 1 aliphatic rings. The van der Waals surface area contributed by atoms with Gasteiger partial charge in [0, 0.05) is 11.1 Å². The molecule has 9 heteroatoms. The molecule has 0 aromatic heterocycles. The van der Waals surface area contributed by atoms with Gasteiger partial charge in [-0.1, -0.05) is 0 Å². The van der Waals surface area contributed by atoms with Gasteiger partial charge < -0.3 is 25.7 Å². The second-order valence-corrected chi connectivity index (χ2v) is 8.33. The van der Waals surface area contributed by atoms with E-state index in [1.54, 1.807) is 0 Å². The maximum absolute atomic E-state index is 12.0. The third-order valence-corrected chi connectivity index (χ3v) is 4.83. The van der Waals surface area contributed by atoms with E-state index in [0.717, 1.165) is 0 Å². The van der Waals surface area contributed by atoms with Crippen LogP contribution in [0, 0.1) is 23.7 Å². The number of piperidine rings is 1. The van der Waals surface area contributed by atoms with Gasteiger partial charge in [-0.3, -0.25) is 19.2 Å². The minimum Gasteiger partial charge on any atom is -0.481 e. The molecule has 0 aliphatic carbocycles. The molecule has 148 valence electrons. The number of aliphatic carboxylic acids is 4. The summed E-state index contributed by atoms with van der Waals surface area (Å²) >= 11 is 0. The molecule has 1 saturated heterocycles. The second-order valence-electron chi connectivity index (χ2n) is 8.33. The minimum absolute atomic E-state index is 0.330. The molecule has 0 amide bonds. The van der Waals surface area contributed by atoms with E-state index < -0.39 is 65.0 Å². The monoisotopic (exact) mass is 373 g/mol. The standard InChI is InChI=1S/C17H27NO8/c1-16(2)6-8(7-17(3,4)18-16)11(14(23)24)12(15(25)26)9(13(21)22)5-10(19)20/h8-9,11-12,18H,5-7H2,1-4H3,(H,19,20)(H,21,22)(H,23,24)(H,25,26). The van der Waals surface area contributed by atoms with E-state index in [-0.39, 0.29) is 0 Å². The third kappa shape index (κ3) is 5.42. The van der Waals surface area contributed by atoms with Gasteiger partial charge in [0.05, 0.1) is 24.2 Å². The Kier molecular flexibility index (Phi) is 6.40. The average molecular weight is 373 g/mol. The molecule has 3 unspecified atom stereocenters. The molecular formula is C17H27NO8. The van der Waals surface area contributed by atoms with Crippen LogP contribution in [-0.4, -0.2) is 55.4 Å². The van der Waals surface area contributed by atoms with Crippen molar-refractivity contribution in [3.63, 3.8) is 0 Å². The molecule has 0 bridgehead atoms. The molecule has 26 heavy (non-hydrogen) atoms. The average Bonchev–Trinajstić information content (AvgIpc) is 2.37. The Morgan fingerprint density at radius 1 is 0.885 bits per heavy atom. The smallest absolute Gasteiger partial charge is 0.308 e. The van der Waals surface area contributed by atoms with E-state index in [0.29, 0.717) is 12.8 Å². The predicted octanol–water partition coefficient (Wildman–Crippen LogP) is 1.12. The Labute approximate surface area is 151 Å². The zero-order valence-electron chi connectivity index (χ0n) is 15.4. The number of hydrogen-bond donors (Lipinski definition) is 5. The van der Waals surface area contributed by atoms with Crippen molar-refractivity contribution >= 4 is 23.9 Å². The van der Waals surface area contributed by atoms with Crippen LogP contribution in [0.3, 0.4) is 0 Å². The van der Waals surface area contributed by atoms with Crippen LogP contribution in [0.25, 0.3) is 0 Å². The lowest BCUT2D eigenvalue weighted by molar-refractivity contribution is -0.167. The summed E-state index contributed by atoms with van der Waals surface area (Å²) in [5, 5.41) is 41.0. The fourth-order valence-electron chi connectivity index (χ4n) is 4.44. The van der Waals surface area contributed by atoms with Crippen molar-refractivity contribution in [1.29, 1.82) is 0 Å². The normalized spacial score (nSPS) is 22.8. The molecular weight excluding hydrogens is 346 g/mol. The lowest BCUT2D eigenvalue weighted by Gasteiger charge is -2.49. The van der Waals surface area contributed by atoms with E-state index in [2.05, 4.69) is 5.32 Å². The summed E-state index contributed by atoms with van der Waals surface area (Å²) in [6.07, 6.45) is -0.291. The van der Waals surface area contributed by atoms with Crippen molar-refractivity contribution in [2.24, 2.45) is 23.7 Å². The van der Waals surface area contributed by atoms with Crippen LogP contribution in [-0.2, 0) is 19.2 Å². The van der Waals surface area contributed by atoms with Crippen molar-refractivity contribution in [2.75, 3.05) is 0 Å². The highest BCUT2D eigenvalue weighted by molar-refractivity contribution is 5.87. The zero-order valence-corrected chi connectivity index (χ0v) is 15.4. The molecule has 0 radical (unpaired) electrons. The summed E-state index contributed by atoms with van der Waals surface area (Å²) in [5.74, 6) is -11.9. The zero-order chi connectivity index (χ0) is 20.4. The number of nitrogens with one attached hydrogen (secondary N) is 1. The highest BCUT2D eigenvalue weighted by atomic mass is 16.4. The van der Waals surface area contributed by atoms with E-state index in [1.807, 2.05) is 27.7 Å². The van der Waals surface area contributed by atoms with Crippen LogP contribution >= 0.6 is 0 Å². The SMILES string of the molecule is CC1(C)CC(C(C(=O)O)C(C(=O)O)C(CC(=O)O)C(=O)O)CC(C)(C)N1. The molecule has 0 spiro atoms. The van der Waals surface area contributed by atoms with Gasteiger partial charge in [-0.2, -0.15) is 0 Å². The lowest BCUT2D eigenvalue weighted by Crippen LogP contribution is -2.60. The Morgan fingerprint density at radius 3 is 1.65 bits per heavy atom. The molecule has 3 atom stereocenters. The van der Waals surface area contributed by atoms with E-state index in [1.165, 1.54) is 0 Å². The Bertz CT molecular complexity index is 582. The quantitative estimate of drug-likeness (QED) is 0.420. The Balaban J connectivity index is 3.37. The molecule has 1 aliphatic heterocycles. The van der Waals surface area contributed by atoms with Gasteiger partial charge in [0.2, 0.25) is 0 Å². The van der Waals surface area contributed by atoms with Crippen molar-refractivity contribution in [3.8, 4) is 0 Å². The van der Waals surface area contributed by atoms with Gasteiger partial charge in [-0.05, 0) is 46.5 Å². The number of carboxylic acid groups (broad SMARTS) is 4. The summed E-state index contributed by atoms with van der Waals surface area (Å²) in [4.78, 5) is 46.3. The molecule has 5 N–H and O–H groups in total. The van der Waals surface area contributed by atoms with Gasteiger partial charge in [0.1, 0.15) is 0 Å². The highest BCUT2D eigenvalue weighted by Crippen LogP contribution is 2.42. The van der Waals surface area contributed by atoms with Crippen LogP contribution in [0.2, 0.25) is 0 Å². The molecule has 1 fully saturated rings. The van der Waals surface area contributed by atoms with Crippen molar-refractivity contribution in [1.82, 2.24) is 5.32 Å². The van der Waals surface area contributed by atoms with Gasteiger partial charge in [-0.15, -0.1) is 0 Å². The summed E-state index contributed by atoms with van der Waals surface area (Å²) in [7, 11) is 0. The van der Waals surface area contributed by atoms with Gasteiger partial charge >= 0.3 is 23.9 Å². The first-order valence-corrected chi connectivity index (χ1v) is 8.36. The maximum atomic E-state index is 12.0. The van der Waals surface area contributed by atoms with Crippen LogP contribution < -0.4 is 5.32 Å². The molecule has 1 rings (SSSR count). The minimum atomic E-state index is -1.84. The first-order chi connectivity index (χ1) is 11.7. The number of rotatable bonds is 8. The van der Waals surface area contributed by atoms with Crippen molar-refractivity contribution < 1.29 is 39.6 Å². The van der Waals surface area contributed by atoms with Crippen LogP contribution in [0.1, 0.15) is 47.0 Å². The third-order valence-electron chi connectivity index (χ3n) is 4.83. The summed E-state index contributed by atoms with van der Waals surface area (Å²) in [6, 6.07) is 0. The molecule has 1 heterocycles. The van der Waals surface area contributed by atoms with Crippen molar-refractivity contribution in [3.05, 3.63) is 0 Å². The molecule has 0 aromatic carbocycles. The number of carbonyl (C=O) groups is 4. The van der Waals surface area contributed by atoms with E-state index in [9.17, 15) is 34.5 Å². The van der Waals surface area contributed by atoms with Crippen LogP contribution in [0.4, 0.5) is 0 Å². The highest BCUT2D eigenvalue weighted by Gasteiger charge is 2.51. The van der Waals surface area contributed by atoms with E-state index >= 15 is 0 Å². The first kappa shape index (κ1) is 21.9. The predicted molar refractivity (Wildman–Crippen MR) is 89.6 cm³/mol. The molecule has 0 aromatic rings. The number of hydrogen-bond acceptors (Lipinski definition) is 5. The van der Waals surface area contributed by atoms with Crippen LogP contribution in [0.5, 0.6) is 0 Å². The Hall–Kier alpha value is -2.16. The Morgan fingerprint density at radius 2 is 1.35 bits per heavy atom. The maximum Gasteiger partial charge on any atom is 0.308 e.